The summed E-state index contributed by atoms with van der Waals surface area (Å²) in [5.41, 5.74) is 6.74. The van der Waals surface area contributed by atoms with Crippen molar-refractivity contribution in [2.45, 2.75) is 19.5 Å². The molecule has 32 heavy (non-hydrogen) atoms. The van der Waals surface area contributed by atoms with E-state index in [1.807, 2.05) is 6.07 Å². The average Bonchev–Trinajstić information content (AvgIpc) is 3.43. The number of nitrogens with one attached hydrogen (secondary N) is 2. The summed E-state index contributed by atoms with van der Waals surface area (Å²) in [7, 11) is 0. The number of primary amides is 1. The van der Waals surface area contributed by atoms with Crippen molar-refractivity contribution in [1.82, 2.24) is 9.97 Å². The molecule has 0 radical (unpaired) electrons. The highest BCUT2D eigenvalue weighted by molar-refractivity contribution is 7.14. The van der Waals surface area contributed by atoms with Crippen molar-refractivity contribution in [3.63, 3.8) is 0 Å². The molecule has 0 unspecified atom stereocenters. The number of anilines is 5. The molecule has 0 bridgehead atoms. The fourth-order valence-electron chi connectivity index (χ4n) is 3.32. The van der Waals surface area contributed by atoms with Gasteiger partial charge in [-0.2, -0.15) is 13.8 Å². The van der Waals surface area contributed by atoms with Crippen LogP contribution in [0.4, 0.5) is 36.9 Å². The molecule has 0 atom stereocenters. The number of amides is 1. The van der Waals surface area contributed by atoms with Crippen LogP contribution in [0.5, 0.6) is 5.75 Å². The van der Waals surface area contributed by atoms with Gasteiger partial charge in [-0.25, -0.2) is 4.98 Å². The van der Waals surface area contributed by atoms with Crippen molar-refractivity contribution in [3.8, 4) is 5.75 Å². The minimum absolute atomic E-state index is 0.0215. The van der Waals surface area contributed by atoms with Crippen LogP contribution in [-0.4, -0.2) is 35.6 Å². The number of nitrogens with zero attached hydrogens (tertiary/aromatic N) is 3. The summed E-state index contributed by atoms with van der Waals surface area (Å²) in [5, 5.41) is 8.23. The molecule has 1 aromatic carbocycles. The normalized spacial score (nSPS) is 13.4. The first-order valence-electron chi connectivity index (χ1n) is 9.68. The first-order chi connectivity index (χ1) is 15.4. The maximum absolute atomic E-state index is 13.0. The number of aromatic nitrogens is 2. The third-order valence-corrected chi connectivity index (χ3v) is 5.91. The molecule has 12 heteroatoms. The highest BCUT2D eigenvalue weighted by atomic mass is 35.5. The second kappa shape index (κ2) is 9.53. The Kier molecular flexibility index (Phi) is 6.56. The molecule has 1 amide bonds. The van der Waals surface area contributed by atoms with E-state index in [1.54, 1.807) is 23.6 Å². The number of hydrogen-bond acceptors (Lipinski definition) is 8. The minimum atomic E-state index is -2.99. The second-order valence-corrected chi connectivity index (χ2v) is 8.24. The van der Waals surface area contributed by atoms with Gasteiger partial charge >= 0.3 is 6.61 Å². The lowest BCUT2D eigenvalue weighted by atomic mass is 10.2. The van der Waals surface area contributed by atoms with Crippen LogP contribution in [0.15, 0.2) is 35.8 Å². The first-order valence-corrected chi connectivity index (χ1v) is 10.9. The third kappa shape index (κ3) is 5.00. The monoisotopic (exact) mass is 480 g/mol. The van der Waals surface area contributed by atoms with Crippen LogP contribution in [0, 0.1) is 0 Å². The zero-order chi connectivity index (χ0) is 22.7. The number of nitrogens with two attached hydrogens (primary N) is 1. The molecule has 3 aromatic rings. The molecule has 1 aliphatic heterocycles. The van der Waals surface area contributed by atoms with Gasteiger partial charge in [0.05, 0.1) is 17.4 Å². The van der Waals surface area contributed by atoms with Crippen molar-refractivity contribution >= 4 is 57.0 Å². The van der Waals surface area contributed by atoms with Crippen molar-refractivity contribution in [2.75, 3.05) is 28.6 Å². The largest absolute Gasteiger partial charge is 0.433 e. The molecule has 8 nitrogen and oxygen atoms in total. The summed E-state index contributed by atoms with van der Waals surface area (Å²) in [6.45, 7) is -1.25. The molecule has 1 saturated heterocycles. The highest BCUT2D eigenvalue weighted by Gasteiger charge is 2.18. The molecular weight excluding hydrogens is 462 g/mol. The Balaban J connectivity index is 1.60. The summed E-state index contributed by atoms with van der Waals surface area (Å²) in [6, 6.07) is 6.62. The minimum Gasteiger partial charge on any atom is -0.433 e. The van der Waals surface area contributed by atoms with Gasteiger partial charge in [0.25, 0.3) is 5.91 Å². The second-order valence-electron chi connectivity index (χ2n) is 6.92. The van der Waals surface area contributed by atoms with E-state index in [1.165, 1.54) is 17.5 Å². The van der Waals surface area contributed by atoms with Gasteiger partial charge in [-0.1, -0.05) is 11.6 Å². The fraction of sp³-hybridized carbons (Fsp3) is 0.250. The number of halogens is 3. The van der Waals surface area contributed by atoms with Crippen LogP contribution in [0.3, 0.4) is 0 Å². The fourth-order valence-corrected chi connectivity index (χ4v) is 4.25. The molecule has 3 heterocycles. The van der Waals surface area contributed by atoms with E-state index in [0.29, 0.717) is 10.6 Å². The summed E-state index contributed by atoms with van der Waals surface area (Å²) in [5.74, 6) is -0.294. The van der Waals surface area contributed by atoms with Gasteiger partial charge in [0.15, 0.2) is 11.6 Å². The van der Waals surface area contributed by atoms with Crippen LogP contribution >= 0.6 is 22.9 Å². The Labute approximate surface area is 191 Å². The molecular formula is C20H19ClF2N6O2S. The number of thiophene rings is 1. The smallest absolute Gasteiger partial charge is 0.387 e. The van der Waals surface area contributed by atoms with Gasteiger partial charge in [-0.05, 0) is 36.4 Å². The first kappa shape index (κ1) is 22.0. The quantitative estimate of drug-likeness (QED) is 0.417. The summed E-state index contributed by atoms with van der Waals surface area (Å²) in [4.78, 5) is 22.1. The van der Waals surface area contributed by atoms with E-state index >= 15 is 0 Å². The number of hydrogen-bond donors (Lipinski definition) is 3. The lowest BCUT2D eigenvalue weighted by molar-refractivity contribution is -0.0493. The standard InChI is InChI=1S/C20H19ClF2N6O2S/c21-13-10-25-20(28-17(13)27-18-12(16(24)30)5-8-32-18)26-14-4-3-11(29-6-1-2-7-29)9-15(14)31-19(22)23/h3-5,8-10,19H,1-2,6-7H2,(H2,24,30)(H2,25,26,27,28). The van der Waals surface area contributed by atoms with Crippen LogP contribution < -0.4 is 26.0 Å². The van der Waals surface area contributed by atoms with Crippen LogP contribution in [0.1, 0.15) is 23.2 Å². The Morgan fingerprint density at radius 2 is 2.03 bits per heavy atom. The van der Waals surface area contributed by atoms with Gasteiger partial charge in [-0.3, -0.25) is 4.79 Å². The van der Waals surface area contributed by atoms with Crippen LogP contribution in [0.25, 0.3) is 0 Å². The van der Waals surface area contributed by atoms with Gasteiger partial charge in [0.2, 0.25) is 5.95 Å². The maximum atomic E-state index is 13.0. The highest BCUT2D eigenvalue weighted by Crippen LogP contribution is 2.35. The summed E-state index contributed by atoms with van der Waals surface area (Å²) >= 11 is 7.44. The van der Waals surface area contributed by atoms with E-state index in [9.17, 15) is 13.6 Å². The van der Waals surface area contributed by atoms with E-state index in [-0.39, 0.29) is 28.2 Å². The van der Waals surface area contributed by atoms with E-state index in [2.05, 4.69) is 25.5 Å². The Bertz CT molecular complexity index is 1120. The Hall–Kier alpha value is -3.18. The number of ether oxygens (including phenoxy) is 1. The predicted octanol–water partition coefficient (Wildman–Crippen LogP) is 4.98. The van der Waals surface area contributed by atoms with E-state index in [4.69, 9.17) is 22.1 Å². The number of benzene rings is 1. The number of alkyl halides is 2. The average molecular weight is 481 g/mol. The molecule has 1 aliphatic rings. The van der Waals surface area contributed by atoms with E-state index in [0.717, 1.165) is 31.6 Å². The van der Waals surface area contributed by atoms with Gasteiger partial charge < -0.3 is 26.0 Å². The predicted molar refractivity (Wildman–Crippen MR) is 121 cm³/mol. The lowest BCUT2D eigenvalue weighted by Crippen LogP contribution is -2.18. The topological polar surface area (TPSA) is 105 Å². The Morgan fingerprint density at radius 1 is 1.25 bits per heavy atom. The van der Waals surface area contributed by atoms with Crippen molar-refractivity contribution < 1.29 is 18.3 Å². The third-order valence-electron chi connectivity index (χ3n) is 4.81. The molecule has 2 aromatic heterocycles. The molecule has 4 N–H and O–H groups in total. The number of rotatable bonds is 8. The Morgan fingerprint density at radius 3 is 2.75 bits per heavy atom. The van der Waals surface area contributed by atoms with Crippen LogP contribution in [-0.2, 0) is 0 Å². The zero-order valence-electron chi connectivity index (χ0n) is 16.6. The molecule has 0 spiro atoms. The molecule has 0 aliphatic carbocycles. The van der Waals surface area contributed by atoms with Gasteiger partial charge in [-0.15, -0.1) is 11.3 Å². The maximum Gasteiger partial charge on any atom is 0.387 e. The summed E-state index contributed by atoms with van der Waals surface area (Å²) < 4.78 is 30.8. The summed E-state index contributed by atoms with van der Waals surface area (Å²) in [6.07, 6.45) is 3.46. The molecule has 4 rings (SSSR count). The van der Waals surface area contributed by atoms with Gasteiger partial charge in [0, 0.05) is 24.8 Å². The molecule has 0 saturated carbocycles. The SMILES string of the molecule is NC(=O)c1ccsc1Nc1nc(Nc2ccc(N3CCCC3)cc2OC(F)F)ncc1Cl. The number of carbonyl (C=O) groups is 1. The molecule has 168 valence electrons. The molecule has 1 fully saturated rings. The van der Waals surface area contributed by atoms with Gasteiger partial charge in [0.1, 0.15) is 10.0 Å². The van der Waals surface area contributed by atoms with Crippen molar-refractivity contribution in [1.29, 1.82) is 0 Å². The van der Waals surface area contributed by atoms with Crippen molar-refractivity contribution in [2.24, 2.45) is 5.73 Å². The number of carbonyl (C=O) groups excluding carboxylic acids is 1. The lowest BCUT2D eigenvalue weighted by Gasteiger charge is -2.20. The van der Waals surface area contributed by atoms with E-state index < -0.39 is 12.5 Å². The van der Waals surface area contributed by atoms with Crippen LogP contribution in [0.2, 0.25) is 5.02 Å². The van der Waals surface area contributed by atoms with Crippen molar-refractivity contribution in [3.05, 3.63) is 46.4 Å². The zero-order valence-corrected chi connectivity index (χ0v) is 18.2.